The molecule has 0 aliphatic carbocycles. The minimum atomic E-state index is -0.0518. The lowest BCUT2D eigenvalue weighted by Gasteiger charge is -2.27. The second-order valence-electron chi connectivity index (χ2n) is 5.16. The van der Waals surface area contributed by atoms with Gasteiger partial charge in [0, 0.05) is 12.7 Å². The van der Waals surface area contributed by atoms with Crippen LogP contribution in [0.2, 0.25) is 0 Å². The van der Waals surface area contributed by atoms with Gasteiger partial charge in [-0.1, -0.05) is 12.1 Å². The van der Waals surface area contributed by atoms with Gasteiger partial charge in [0.25, 0.3) is 5.91 Å². The van der Waals surface area contributed by atoms with E-state index in [1.54, 1.807) is 11.1 Å². The number of nitrogens with zero attached hydrogens (tertiary/aromatic N) is 4. The number of nitrogens with two attached hydrogens (primary N) is 1. The molecule has 2 N–H and O–H groups in total. The molecule has 22 heavy (non-hydrogen) atoms. The van der Waals surface area contributed by atoms with E-state index in [1.165, 1.54) is 11.3 Å². The van der Waals surface area contributed by atoms with Crippen LogP contribution >= 0.6 is 11.3 Å². The molecule has 0 radical (unpaired) electrons. The summed E-state index contributed by atoms with van der Waals surface area (Å²) < 4.78 is 1.02. The highest BCUT2D eigenvalue weighted by molar-refractivity contribution is 7.20. The van der Waals surface area contributed by atoms with E-state index >= 15 is 0 Å². The number of thiazole rings is 1. The van der Waals surface area contributed by atoms with E-state index < -0.39 is 0 Å². The molecule has 3 heterocycles. The Morgan fingerprint density at radius 3 is 3.00 bits per heavy atom. The first kappa shape index (κ1) is 13.1. The van der Waals surface area contributed by atoms with E-state index in [-0.39, 0.29) is 11.9 Å². The third-order valence-electron chi connectivity index (χ3n) is 3.73. The normalized spacial score (nSPS) is 14.1. The summed E-state index contributed by atoms with van der Waals surface area (Å²) in [5, 5.41) is 0.520. The summed E-state index contributed by atoms with van der Waals surface area (Å²) in [5.41, 5.74) is 8.38. The van der Waals surface area contributed by atoms with Gasteiger partial charge < -0.3 is 10.6 Å². The zero-order valence-corrected chi connectivity index (χ0v) is 12.5. The predicted molar refractivity (Wildman–Crippen MR) is 84.5 cm³/mol. The van der Waals surface area contributed by atoms with E-state index in [0.29, 0.717) is 18.1 Å². The fourth-order valence-corrected chi connectivity index (χ4v) is 3.52. The Balaban J connectivity index is 1.63. The standard InChI is InChI=1S/C15H13N5OS/c16-15-17-7-9-5-6-20(8-11(9)19-15)14(21)13-18-10-3-1-2-4-12(10)22-13/h1-4,7H,5-6,8H2,(H2,16,17,19). The molecule has 0 saturated carbocycles. The third kappa shape index (κ3) is 2.19. The van der Waals surface area contributed by atoms with Gasteiger partial charge in [0.1, 0.15) is 0 Å². The van der Waals surface area contributed by atoms with Gasteiger partial charge in [-0.15, -0.1) is 11.3 Å². The number of benzene rings is 1. The number of aromatic nitrogens is 3. The SMILES string of the molecule is Nc1ncc2c(n1)CN(C(=O)c1nc3ccccc3s1)CC2. The van der Waals surface area contributed by atoms with Crippen molar-refractivity contribution in [2.45, 2.75) is 13.0 Å². The molecule has 2 aromatic heterocycles. The fourth-order valence-electron chi connectivity index (χ4n) is 2.59. The first-order valence-corrected chi connectivity index (χ1v) is 7.77. The molecule has 110 valence electrons. The number of fused-ring (bicyclic) bond motifs is 2. The van der Waals surface area contributed by atoms with Crippen LogP contribution in [0.1, 0.15) is 21.1 Å². The number of para-hydroxylation sites is 1. The van der Waals surface area contributed by atoms with E-state index in [4.69, 9.17) is 5.73 Å². The van der Waals surface area contributed by atoms with Gasteiger partial charge in [-0.05, 0) is 24.1 Å². The van der Waals surface area contributed by atoms with Crippen molar-refractivity contribution >= 4 is 33.4 Å². The molecule has 1 aromatic carbocycles. The average Bonchev–Trinajstić information content (AvgIpc) is 2.97. The van der Waals surface area contributed by atoms with Crippen LogP contribution < -0.4 is 5.73 Å². The predicted octanol–water partition coefficient (Wildman–Crippen LogP) is 1.87. The van der Waals surface area contributed by atoms with Crippen molar-refractivity contribution in [1.29, 1.82) is 0 Å². The fraction of sp³-hybridized carbons (Fsp3) is 0.200. The number of anilines is 1. The smallest absolute Gasteiger partial charge is 0.283 e. The maximum atomic E-state index is 12.7. The molecule has 4 rings (SSSR count). The molecule has 0 unspecified atom stereocenters. The Bertz CT molecular complexity index is 842. The van der Waals surface area contributed by atoms with Gasteiger partial charge in [0.05, 0.1) is 22.5 Å². The third-order valence-corrected chi connectivity index (χ3v) is 4.75. The molecule has 0 saturated heterocycles. The maximum absolute atomic E-state index is 12.7. The van der Waals surface area contributed by atoms with Crippen LogP contribution in [0.25, 0.3) is 10.2 Å². The van der Waals surface area contributed by atoms with Crippen molar-refractivity contribution in [3.05, 3.63) is 46.7 Å². The quantitative estimate of drug-likeness (QED) is 0.741. The van der Waals surface area contributed by atoms with Crippen LogP contribution in [-0.2, 0) is 13.0 Å². The van der Waals surface area contributed by atoms with Crippen molar-refractivity contribution < 1.29 is 4.79 Å². The van der Waals surface area contributed by atoms with Crippen LogP contribution in [0.15, 0.2) is 30.5 Å². The van der Waals surface area contributed by atoms with Gasteiger partial charge in [-0.25, -0.2) is 15.0 Å². The molecular weight excluding hydrogens is 298 g/mol. The number of carbonyl (C=O) groups is 1. The molecule has 0 atom stereocenters. The zero-order chi connectivity index (χ0) is 15.1. The van der Waals surface area contributed by atoms with Crippen LogP contribution in [0, 0.1) is 0 Å². The number of amides is 1. The van der Waals surface area contributed by atoms with E-state index in [9.17, 15) is 4.79 Å². The lowest BCUT2D eigenvalue weighted by molar-refractivity contribution is 0.0731. The average molecular weight is 311 g/mol. The lowest BCUT2D eigenvalue weighted by atomic mass is 10.1. The van der Waals surface area contributed by atoms with Crippen molar-refractivity contribution in [3.8, 4) is 0 Å². The molecule has 1 aliphatic rings. The lowest BCUT2D eigenvalue weighted by Crippen LogP contribution is -2.36. The maximum Gasteiger partial charge on any atom is 0.283 e. The Morgan fingerprint density at radius 2 is 2.14 bits per heavy atom. The highest BCUT2D eigenvalue weighted by Gasteiger charge is 2.25. The monoisotopic (exact) mass is 311 g/mol. The van der Waals surface area contributed by atoms with Crippen molar-refractivity contribution in [2.24, 2.45) is 0 Å². The Morgan fingerprint density at radius 1 is 1.27 bits per heavy atom. The number of hydrogen-bond donors (Lipinski definition) is 1. The highest BCUT2D eigenvalue weighted by Crippen LogP contribution is 2.25. The number of nitrogen functional groups attached to an aromatic ring is 1. The van der Waals surface area contributed by atoms with Gasteiger partial charge in [-0.2, -0.15) is 0 Å². The van der Waals surface area contributed by atoms with Gasteiger partial charge in [0.2, 0.25) is 5.95 Å². The molecule has 6 nitrogen and oxygen atoms in total. The number of hydrogen-bond acceptors (Lipinski definition) is 6. The molecule has 0 fully saturated rings. The zero-order valence-electron chi connectivity index (χ0n) is 11.7. The summed E-state index contributed by atoms with van der Waals surface area (Å²) in [6, 6.07) is 7.77. The van der Waals surface area contributed by atoms with Crippen LogP contribution in [-0.4, -0.2) is 32.3 Å². The Hall–Kier alpha value is -2.54. The minimum Gasteiger partial charge on any atom is -0.368 e. The number of rotatable bonds is 1. The highest BCUT2D eigenvalue weighted by atomic mass is 32.1. The number of carbonyl (C=O) groups excluding carboxylic acids is 1. The summed E-state index contributed by atoms with van der Waals surface area (Å²) in [7, 11) is 0. The minimum absolute atomic E-state index is 0.0518. The second kappa shape index (κ2) is 5.03. The molecule has 1 aliphatic heterocycles. The summed E-state index contributed by atoms with van der Waals surface area (Å²) in [6.45, 7) is 1.10. The summed E-state index contributed by atoms with van der Waals surface area (Å²) >= 11 is 1.42. The van der Waals surface area contributed by atoms with Gasteiger partial charge in [-0.3, -0.25) is 4.79 Å². The molecule has 0 bridgehead atoms. The van der Waals surface area contributed by atoms with Crippen LogP contribution in [0.3, 0.4) is 0 Å². The van der Waals surface area contributed by atoms with Gasteiger partial charge in [0.15, 0.2) is 5.01 Å². The molecular formula is C15H13N5OS. The second-order valence-corrected chi connectivity index (χ2v) is 6.19. The first-order chi connectivity index (χ1) is 10.7. The topological polar surface area (TPSA) is 85.0 Å². The van der Waals surface area contributed by atoms with Crippen LogP contribution in [0.5, 0.6) is 0 Å². The molecule has 1 amide bonds. The van der Waals surface area contributed by atoms with Gasteiger partial charge >= 0.3 is 0 Å². The van der Waals surface area contributed by atoms with E-state index in [0.717, 1.165) is 27.9 Å². The Labute approximate surface area is 130 Å². The van der Waals surface area contributed by atoms with Crippen LogP contribution in [0.4, 0.5) is 5.95 Å². The van der Waals surface area contributed by atoms with E-state index in [1.807, 2.05) is 24.3 Å². The molecule has 0 spiro atoms. The van der Waals surface area contributed by atoms with Crippen molar-refractivity contribution in [3.63, 3.8) is 0 Å². The van der Waals surface area contributed by atoms with Crippen molar-refractivity contribution in [1.82, 2.24) is 19.9 Å². The molecule has 7 heteroatoms. The molecule has 3 aromatic rings. The largest absolute Gasteiger partial charge is 0.368 e. The Kier molecular flexibility index (Phi) is 3.00. The van der Waals surface area contributed by atoms with E-state index in [2.05, 4.69) is 15.0 Å². The summed E-state index contributed by atoms with van der Waals surface area (Å²) in [4.78, 5) is 27.1. The first-order valence-electron chi connectivity index (χ1n) is 6.96. The summed E-state index contributed by atoms with van der Waals surface area (Å²) in [5.74, 6) is 0.192. The van der Waals surface area contributed by atoms with Crippen molar-refractivity contribution in [2.75, 3.05) is 12.3 Å². The summed E-state index contributed by atoms with van der Waals surface area (Å²) in [6.07, 6.45) is 2.49.